The Balaban J connectivity index is 1.64. The summed E-state index contributed by atoms with van der Waals surface area (Å²) in [6.07, 6.45) is 0. The topological polar surface area (TPSA) is 21.3 Å². The first-order valence-corrected chi connectivity index (χ1v) is 6.83. The van der Waals surface area contributed by atoms with Gasteiger partial charge in [0.15, 0.2) is 0 Å². The lowest BCUT2D eigenvalue weighted by Crippen LogP contribution is -2.33. The second-order valence-electron chi connectivity index (χ2n) is 5.03. The molecule has 2 heteroatoms. The molecular formula is C17H19NO. The minimum Gasteiger partial charge on any atom is -0.379 e. The van der Waals surface area contributed by atoms with Gasteiger partial charge in [0.05, 0.1) is 13.2 Å². The molecule has 0 aliphatic carbocycles. The predicted octanol–water partition coefficient (Wildman–Crippen LogP) is 2.96. The highest BCUT2D eigenvalue weighted by molar-refractivity contribution is 5.23. The Labute approximate surface area is 114 Å². The van der Waals surface area contributed by atoms with Crippen molar-refractivity contribution in [3.8, 4) is 0 Å². The summed E-state index contributed by atoms with van der Waals surface area (Å²) in [4.78, 5) is 0. The fraction of sp³-hybridized carbons (Fsp3) is 0.294. The predicted molar refractivity (Wildman–Crippen MR) is 77.1 cm³/mol. The van der Waals surface area contributed by atoms with Gasteiger partial charge < -0.3 is 10.1 Å². The number of hydrogen-bond donors (Lipinski definition) is 1. The van der Waals surface area contributed by atoms with E-state index in [1.165, 1.54) is 11.1 Å². The van der Waals surface area contributed by atoms with Crippen LogP contribution in [0.1, 0.15) is 17.0 Å². The molecule has 2 nitrogen and oxygen atoms in total. The van der Waals surface area contributed by atoms with Gasteiger partial charge in [0.1, 0.15) is 0 Å². The van der Waals surface area contributed by atoms with E-state index in [2.05, 4.69) is 66.0 Å². The van der Waals surface area contributed by atoms with Crippen molar-refractivity contribution in [2.75, 3.05) is 13.2 Å². The highest BCUT2D eigenvalue weighted by Crippen LogP contribution is 2.25. The zero-order valence-corrected chi connectivity index (χ0v) is 11.0. The minimum atomic E-state index is 0.405. The molecule has 1 saturated heterocycles. The van der Waals surface area contributed by atoms with Gasteiger partial charge >= 0.3 is 0 Å². The van der Waals surface area contributed by atoms with E-state index in [0.29, 0.717) is 12.0 Å². The van der Waals surface area contributed by atoms with Crippen molar-refractivity contribution in [2.45, 2.75) is 18.5 Å². The van der Waals surface area contributed by atoms with Crippen LogP contribution in [0.4, 0.5) is 0 Å². The van der Waals surface area contributed by atoms with E-state index in [1.807, 2.05) is 0 Å². The minimum absolute atomic E-state index is 0.405. The van der Waals surface area contributed by atoms with Crippen LogP contribution >= 0.6 is 0 Å². The third kappa shape index (κ3) is 3.03. The lowest BCUT2D eigenvalue weighted by atomic mass is 9.94. The molecule has 1 heterocycles. The average molecular weight is 253 g/mol. The molecule has 0 radical (unpaired) electrons. The molecule has 0 amide bonds. The Hall–Kier alpha value is -1.64. The summed E-state index contributed by atoms with van der Waals surface area (Å²) >= 11 is 0. The lowest BCUT2D eigenvalue weighted by molar-refractivity contribution is 0.187. The first-order chi connectivity index (χ1) is 9.43. The summed E-state index contributed by atoms with van der Waals surface area (Å²) in [5.74, 6) is 0.463. The Morgan fingerprint density at radius 1 is 0.895 bits per heavy atom. The van der Waals surface area contributed by atoms with Crippen molar-refractivity contribution in [3.05, 3.63) is 71.8 Å². The molecule has 2 aromatic carbocycles. The fourth-order valence-electron chi connectivity index (χ4n) is 2.63. The van der Waals surface area contributed by atoms with Crippen LogP contribution in [0.15, 0.2) is 60.7 Å². The Kier molecular flexibility index (Phi) is 3.92. The third-order valence-corrected chi connectivity index (χ3v) is 3.72. The zero-order valence-electron chi connectivity index (χ0n) is 11.0. The number of benzene rings is 2. The number of nitrogens with one attached hydrogen (secondary N) is 1. The first-order valence-electron chi connectivity index (χ1n) is 6.83. The van der Waals surface area contributed by atoms with Gasteiger partial charge in [-0.05, 0) is 11.1 Å². The molecule has 19 heavy (non-hydrogen) atoms. The van der Waals surface area contributed by atoms with Crippen LogP contribution in [0.2, 0.25) is 0 Å². The molecule has 1 fully saturated rings. The molecule has 3 rings (SSSR count). The van der Waals surface area contributed by atoms with E-state index >= 15 is 0 Å². The van der Waals surface area contributed by atoms with Gasteiger partial charge in [-0.1, -0.05) is 60.7 Å². The van der Waals surface area contributed by atoms with Gasteiger partial charge in [-0.2, -0.15) is 0 Å². The normalized spacial score (nSPS) is 22.5. The summed E-state index contributed by atoms with van der Waals surface area (Å²) in [6.45, 7) is 2.51. The molecular weight excluding hydrogens is 234 g/mol. The SMILES string of the molecule is c1ccc(CN[C@H]2COC[C@H]2c2ccccc2)cc1. The van der Waals surface area contributed by atoms with Crippen molar-refractivity contribution in [2.24, 2.45) is 0 Å². The Bertz CT molecular complexity index is 497. The molecule has 0 saturated carbocycles. The molecule has 0 aromatic heterocycles. The molecule has 0 unspecified atom stereocenters. The number of ether oxygens (including phenoxy) is 1. The van der Waals surface area contributed by atoms with E-state index < -0.39 is 0 Å². The molecule has 98 valence electrons. The largest absolute Gasteiger partial charge is 0.379 e. The van der Waals surface area contributed by atoms with E-state index in [4.69, 9.17) is 4.74 Å². The average Bonchev–Trinajstić information content (AvgIpc) is 2.95. The molecule has 0 spiro atoms. The second-order valence-corrected chi connectivity index (χ2v) is 5.03. The highest BCUT2D eigenvalue weighted by atomic mass is 16.5. The van der Waals surface area contributed by atoms with Crippen LogP contribution in [-0.2, 0) is 11.3 Å². The summed E-state index contributed by atoms with van der Waals surface area (Å²) in [7, 11) is 0. The number of hydrogen-bond acceptors (Lipinski definition) is 2. The van der Waals surface area contributed by atoms with E-state index in [9.17, 15) is 0 Å². The van der Waals surface area contributed by atoms with Gasteiger partial charge in [0, 0.05) is 18.5 Å². The van der Waals surface area contributed by atoms with Gasteiger partial charge in [-0.25, -0.2) is 0 Å². The Morgan fingerprint density at radius 3 is 2.32 bits per heavy atom. The second kappa shape index (κ2) is 6.00. The lowest BCUT2D eigenvalue weighted by Gasteiger charge is -2.19. The van der Waals surface area contributed by atoms with Crippen LogP contribution in [0.5, 0.6) is 0 Å². The summed E-state index contributed by atoms with van der Waals surface area (Å²) in [5, 5.41) is 3.62. The highest BCUT2D eigenvalue weighted by Gasteiger charge is 2.28. The van der Waals surface area contributed by atoms with Crippen molar-refractivity contribution < 1.29 is 4.74 Å². The fourth-order valence-corrected chi connectivity index (χ4v) is 2.63. The van der Waals surface area contributed by atoms with Crippen LogP contribution in [0, 0.1) is 0 Å². The van der Waals surface area contributed by atoms with Crippen LogP contribution in [-0.4, -0.2) is 19.3 Å². The first kappa shape index (κ1) is 12.4. The maximum atomic E-state index is 5.65. The van der Waals surface area contributed by atoms with E-state index in [-0.39, 0.29) is 0 Å². The van der Waals surface area contributed by atoms with Gasteiger partial charge in [0.2, 0.25) is 0 Å². The summed E-state index contributed by atoms with van der Waals surface area (Å²) < 4.78 is 5.65. The zero-order chi connectivity index (χ0) is 12.9. The van der Waals surface area contributed by atoms with Gasteiger partial charge in [-0.15, -0.1) is 0 Å². The quantitative estimate of drug-likeness (QED) is 0.904. The monoisotopic (exact) mass is 253 g/mol. The van der Waals surface area contributed by atoms with Gasteiger partial charge in [-0.3, -0.25) is 0 Å². The third-order valence-electron chi connectivity index (χ3n) is 3.72. The standard InChI is InChI=1S/C17H19NO/c1-3-7-14(8-4-1)11-18-17-13-19-12-16(17)15-9-5-2-6-10-15/h1-10,16-18H,11-13H2/t16-,17-/m0/s1. The molecule has 1 N–H and O–H groups in total. The maximum absolute atomic E-state index is 5.65. The molecule has 1 aliphatic heterocycles. The van der Waals surface area contributed by atoms with Crippen LogP contribution in [0.3, 0.4) is 0 Å². The van der Waals surface area contributed by atoms with Crippen molar-refractivity contribution >= 4 is 0 Å². The maximum Gasteiger partial charge on any atom is 0.0626 e. The summed E-state index contributed by atoms with van der Waals surface area (Å²) in [5.41, 5.74) is 2.69. The van der Waals surface area contributed by atoms with Crippen molar-refractivity contribution in [3.63, 3.8) is 0 Å². The Morgan fingerprint density at radius 2 is 1.58 bits per heavy atom. The van der Waals surface area contributed by atoms with Crippen molar-refractivity contribution in [1.29, 1.82) is 0 Å². The van der Waals surface area contributed by atoms with Crippen LogP contribution < -0.4 is 5.32 Å². The van der Waals surface area contributed by atoms with Crippen LogP contribution in [0.25, 0.3) is 0 Å². The van der Waals surface area contributed by atoms with E-state index in [1.54, 1.807) is 0 Å². The smallest absolute Gasteiger partial charge is 0.0626 e. The summed E-state index contributed by atoms with van der Waals surface area (Å²) in [6, 6.07) is 21.6. The molecule has 1 aliphatic rings. The molecule has 0 bridgehead atoms. The molecule has 2 aromatic rings. The van der Waals surface area contributed by atoms with E-state index in [0.717, 1.165) is 19.8 Å². The number of rotatable bonds is 4. The molecule has 2 atom stereocenters. The van der Waals surface area contributed by atoms with Gasteiger partial charge in [0.25, 0.3) is 0 Å². The van der Waals surface area contributed by atoms with Crippen molar-refractivity contribution in [1.82, 2.24) is 5.32 Å².